The van der Waals surface area contributed by atoms with Crippen LogP contribution >= 0.6 is 0 Å². The molecule has 1 amide bonds. The fraction of sp³-hybridized carbons (Fsp3) is 0.579. The Morgan fingerprint density at radius 2 is 1.96 bits per heavy atom. The van der Waals surface area contributed by atoms with E-state index in [2.05, 4.69) is 0 Å². The molecule has 1 N–H and O–H groups in total. The van der Waals surface area contributed by atoms with Gasteiger partial charge >= 0.3 is 5.97 Å². The zero-order valence-corrected chi connectivity index (χ0v) is 14.7. The standard InChI is InChI=1S/C19H23NO5/c1-10-9-19-12-7-15(25-3)14(24-2)6-11(12)4-5-20(19)16(21)8-13(19)17(10)18(22)23/h6-7,10,13,17H,4-5,8-9H2,1-3H3,(H,22,23)/t10-,13-,17+,19-/m0/s1. The van der Waals surface area contributed by atoms with Crippen LogP contribution in [0, 0.1) is 17.8 Å². The van der Waals surface area contributed by atoms with Crippen molar-refractivity contribution in [2.75, 3.05) is 20.8 Å². The highest BCUT2D eigenvalue weighted by Crippen LogP contribution is 2.61. The summed E-state index contributed by atoms with van der Waals surface area (Å²) in [6.45, 7) is 2.63. The Labute approximate surface area is 146 Å². The number of benzene rings is 1. The van der Waals surface area contributed by atoms with Gasteiger partial charge in [0.15, 0.2) is 11.5 Å². The predicted molar refractivity (Wildman–Crippen MR) is 89.7 cm³/mol. The lowest BCUT2D eigenvalue weighted by molar-refractivity contribution is -0.144. The first-order valence-corrected chi connectivity index (χ1v) is 8.72. The van der Waals surface area contributed by atoms with Gasteiger partial charge in [-0.15, -0.1) is 0 Å². The van der Waals surface area contributed by atoms with Crippen molar-refractivity contribution in [2.24, 2.45) is 17.8 Å². The Hall–Kier alpha value is -2.24. The number of aliphatic carboxylic acids is 1. The van der Waals surface area contributed by atoms with E-state index in [1.165, 1.54) is 0 Å². The van der Waals surface area contributed by atoms with Crippen molar-refractivity contribution < 1.29 is 24.2 Å². The first-order chi connectivity index (χ1) is 11.9. The molecular weight excluding hydrogens is 322 g/mol. The molecule has 4 atom stereocenters. The molecule has 1 spiro atoms. The Bertz CT molecular complexity index is 760. The largest absolute Gasteiger partial charge is 0.493 e. The summed E-state index contributed by atoms with van der Waals surface area (Å²) in [5.74, 6) is -0.0789. The molecule has 25 heavy (non-hydrogen) atoms. The van der Waals surface area contributed by atoms with Crippen LogP contribution in [0.25, 0.3) is 0 Å². The summed E-state index contributed by atoms with van der Waals surface area (Å²) < 4.78 is 10.9. The minimum atomic E-state index is -0.795. The number of carboxylic acid groups (broad SMARTS) is 1. The molecule has 1 saturated heterocycles. The summed E-state index contributed by atoms with van der Waals surface area (Å²) in [5.41, 5.74) is 1.65. The van der Waals surface area contributed by atoms with Crippen molar-refractivity contribution in [2.45, 2.75) is 31.7 Å². The number of hydrogen-bond donors (Lipinski definition) is 1. The van der Waals surface area contributed by atoms with Crippen LogP contribution in [-0.2, 0) is 21.5 Å². The van der Waals surface area contributed by atoms with Gasteiger partial charge in [0.1, 0.15) is 0 Å². The van der Waals surface area contributed by atoms with Crippen LogP contribution in [0.5, 0.6) is 11.5 Å². The van der Waals surface area contributed by atoms with Gasteiger partial charge in [0, 0.05) is 18.9 Å². The summed E-state index contributed by atoms with van der Waals surface area (Å²) in [6, 6.07) is 3.95. The summed E-state index contributed by atoms with van der Waals surface area (Å²) >= 11 is 0. The number of fused-ring (bicyclic) bond motifs is 1. The van der Waals surface area contributed by atoms with Crippen molar-refractivity contribution in [1.82, 2.24) is 4.90 Å². The first-order valence-electron chi connectivity index (χ1n) is 8.72. The maximum Gasteiger partial charge on any atom is 0.307 e. The molecule has 6 nitrogen and oxygen atoms in total. The fourth-order valence-corrected chi connectivity index (χ4v) is 5.55. The second kappa shape index (κ2) is 5.38. The van der Waals surface area contributed by atoms with E-state index in [0.717, 1.165) is 17.5 Å². The van der Waals surface area contributed by atoms with Crippen LogP contribution in [0.4, 0.5) is 0 Å². The smallest absolute Gasteiger partial charge is 0.307 e. The molecule has 0 bridgehead atoms. The number of carboxylic acids is 1. The second-order valence-electron chi connectivity index (χ2n) is 7.44. The third-order valence-corrected chi connectivity index (χ3v) is 6.44. The minimum Gasteiger partial charge on any atom is -0.493 e. The van der Waals surface area contributed by atoms with Gasteiger partial charge in [-0.05, 0) is 42.0 Å². The van der Waals surface area contributed by atoms with E-state index in [9.17, 15) is 14.7 Å². The average molecular weight is 345 g/mol. The van der Waals surface area contributed by atoms with E-state index in [4.69, 9.17) is 9.47 Å². The maximum absolute atomic E-state index is 12.7. The maximum atomic E-state index is 12.7. The third-order valence-electron chi connectivity index (χ3n) is 6.44. The monoisotopic (exact) mass is 345 g/mol. The molecule has 1 aliphatic carbocycles. The van der Waals surface area contributed by atoms with Crippen LogP contribution in [0.2, 0.25) is 0 Å². The number of methoxy groups -OCH3 is 2. The molecule has 0 radical (unpaired) electrons. The molecular formula is C19H23NO5. The summed E-state index contributed by atoms with van der Waals surface area (Å²) in [6.07, 6.45) is 1.75. The Morgan fingerprint density at radius 3 is 2.60 bits per heavy atom. The van der Waals surface area contributed by atoms with E-state index in [1.807, 2.05) is 24.0 Å². The lowest BCUT2D eigenvalue weighted by Crippen LogP contribution is -2.49. The lowest BCUT2D eigenvalue weighted by Gasteiger charge is -2.44. The zero-order chi connectivity index (χ0) is 17.9. The van der Waals surface area contributed by atoms with Gasteiger partial charge in [0.2, 0.25) is 5.91 Å². The molecule has 2 heterocycles. The van der Waals surface area contributed by atoms with E-state index < -0.39 is 17.4 Å². The van der Waals surface area contributed by atoms with Crippen molar-refractivity contribution in [1.29, 1.82) is 0 Å². The van der Waals surface area contributed by atoms with E-state index in [1.54, 1.807) is 14.2 Å². The summed E-state index contributed by atoms with van der Waals surface area (Å²) in [7, 11) is 3.20. The molecule has 134 valence electrons. The van der Waals surface area contributed by atoms with E-state index in [-0.39, 0.29) is 17.7 Å². The molecule has 3 aliphatic rings. The fourth-order valence-electron chi connectivity index (χ4n) is 5.55. The Morgan fingerprint density at radius 1 is 1.28 bits per heavy atom. The first kappa shape index (κ1) is 16.2. The van der Waals surface area contributed by atoms with Crippen LogP contribution in [0.1, 0.15) is 30.9 Å². The molecule has 2 aliphatic heterocycles. The Balaban J connectivity index is 1.93. The SMILES string of the molecule is COc1cc2c(cc1OC)[C@@]13C[C@H](C)[C@@H](C(=O)O)[C@@H]1CC(=O)N3CC2. The van der Waals surface area contributed by atoms with Crippen molar-refractivity contribution in [3.05, 3.63) is 23.3 Å². The molecule has 0 unspecified atom stereocenters. The average Bonchev–Trinajstić information content (AvgIpc) is 3.01. The van der Waals surface area contributed by atoms with E-state index in [0.29, 0.717) is 30.9 Å². The number of amides is 1. The molecule has 4 rings (SSSR count). The zero-order valence-electron chi connectivity index (χ0n) is 14.7. The quantitative estimate of drug-likeness (QED) is 0.907. The van der Waals surface area contributed by atoms with Crippen LogP contribution in [0.15, 0.2) is 12.1 Å². The summed E-state index contributed by atoms with van der Waals surface area (Å²) in [4.78, 5) is 26.5. The van der Waals surface area contributed by atoms with Gasteiger partial charge in [-0.25, -0.2) is 0 Å². The van der Waals surface area contributed by atoms with Gasteiger partial charge in [-0.3, -0.25) is 9.59 Å². The molecule has 6 heteroatoms. The molecule has 1 aromatic carbocycles. The Kier molecular flexibility index (Phi) is 3.49. The number of carbonyl (C=O) groups is 2. The van der Waals surface area contributed by atoms with Gasteiger partial charge in [0.05, 0.1) is 25.7 Å². The highest BCUT2D eigenvalue weighted by atomic mass is 16.5. The third kappa shape index (κ3) is 1.96. The number of ether oxygens (including phenoxy) is 2. The number of hydrogen-bond acceptors (Lipinski definition) is 4. The van der Waals surface area contributed by atoms with Gasteiger partial charge in [0.25, 0.3) is 0 Å². The van der Waals surface area contributed by atoms with Gasteiger partial charge in [-0.1, -0.05) is 6.92 Å². The predicted octanol–water partition coefficient (Wildman–Crippen LogP) is 2.04. The number of rotatable bonds is 3. The van der Waals surface area contributed by atoms with Crippen molar-refractivity contribution in [3.63, 3.8) is 0 Å². The van der Waals surface area contributed by atoms with Crippen molar-refractivity contribution >= 4 is 11.9 Å². The molecule has 1 aromatic rings. The van der Waals surface area contributed by atoms with Gasteiger partial charge < -0.3 is 19.5 Å². The van der Waals surface area contributed by atoms with Crippen LogP contribution < -0.4 is 9.47 Å². The number of nitrogens with zero attached hydrogens (tertiary/aromatic N) is 1. The van der Waals surface area contributed by atoms with Gasteiger partial charge in [-0.2, -0.15) is 0 Å². The minimum absolute atomic E-state index is 0.0251. The molecule has 2 fully saturated rings. The second-order valence-corrected chi connectivity index (χ2v) is 7.44. The molecule has 1 saturated carbocycles. The summed E-state index contributed by atoms with van der Waals surface area (Å²) in [5, 5.41) is 9.76. The van der Waals surface area contributed by atoms with E-state index >= 15 is 0 Å². The number of carbonyl (C=O) groups excluding carboxylic acids is 1. The van der Waals surface area contributed by atoms with Crippen LogP contribution in [-0.4, -0.2) is 42.6 Å². The van der Waals surface area contributed by atoms with Crippen LogP contribution in [0.3, 0.4) is 0 Å². The van der Waals surface area contributed by atoms with Crippen molar-refractivity contribution in [3.8, 4) is 11.5 Å². The highest BCUT2D eigenvalue weighted by molar-refractivity contribution is 5.84. The topological polar surface area (TPSA) is 76.1 Å². The highest BCUT2D eigenvalue weighted by Gasteiger charge is 2.65. The molecule has 0 aromatic heterocycles. The normalized spacial score (nSPS) is 32.8. The lowest BCUT2D eigenvalue weighted by atomic mass is 9.74.